The lowest BCUT2D eigenvalue weighted by Gasteiger charge is -2.39. The van der Waals surface area contributed by atoms with E-state index in [-0.39, 0.29) is 12.1 Å². The third-order valence-corrected chi connectivity index (χ3v) is 4.92. The lowest BCUT2D eigenvalue weighted by molar-refractivity contribution is -0.0320. The van der Waals surface area contributed by atoms with Gasteiger partial charge in [-0.05, 0) is 45.6 Å². The molecule has 0 N–H and O–H groups in total. The quantitative estimate of drug-likeness (QED) is 0.835. The summed E-state index contributed by atoms with van der Waals surface area (Å²) >= 11 is 0. The highest BCUT2D eigenvalue weighted by Crippen LogP contribution is 2.31. The van der Waals surface area contributed by atoms with Gasteiger partial charge in [0.25, 0.3) is 0 Å². The summed E-state index contributed by atoms with van der Waals surface area (Å²) in [6.07, 6.45) is 2.97. The van der Waals surface area contributed by atoms with Crippen molar-refractivity contribution >= 4 is 6.09 Å². The molecule has 0 spiro atoms. The third kappa shape index (κ3) is 4.73. The normalized spacial score (nSPS) is 24.2. The number of rotatable bonds is 4. The number of ether oxygens (including phenoxy) is 2. The number of fused-ring (bicyclic) bond motifs is 1. The van der Waals surface area contributed by atoms with Gasteiger partial charge in [0, 0.05) is 19.1 Å². The van der Waals surface area contributed by atoms with Crippen LogP contribution in [0.4, 0.5) is 4.79 Å². The van der Waals surface area contributed by atoms with Crippen molar-refractivity contribution in [2.75, 3.05) is 19.8 Å². The van der Waals surface area contributed by atoms with Crippen molar-refractivity contribution in [3.63, 3.8) is 0 Å². The van der Waals surface area contributed by atoms with E-state index in [0.29, 0.717) is 19.4 Å². The van der Waals surface area contributed by atoms with Crippen molar-refractivity contribution in [3.05, 3.63) is 35.9 Å². The lowest BCUT2D eigenvalue weighted by Crippen LogP contribution is -2.52. The molecule has 0 bridgehead atoms. The molecule has 2 aliphatic heterocycles. The average Bonchev–Trinajstić information content (AvgIpc) is 2.99. The predicted molar refractivity (Wildman–Crippen MR) is 97.2 cm³/mol. The summed E-state index contributed by atoms with van der Waals surface area (Å²) < 4.78 is 11.5. The van der Waals surface area contributed by atoms with E-state index in [9.17, 15) is 4.79 Å². The second kappa shape index (κ2) is 7.75. The van der Waals surface area contributed by atoms with E-state index in [4.69, 9.17) is 9.47 Å². The van der Waals surface area contributed by atoms with Crippen molar-refractivity contribution in [1.29, 1.82) is 0 Å². The van der Waals surface area contributed by atoms with E-state index in [1.807, 2.05) is 43.9 Å². The maximum absolute atomic E-state index is 12.5. The van der Waals surface area contributed by atoms with Crippen molar-refractivity contribution in [2.45, 2.75) is 64.3 Å². The number of likely N-dealkylation sites (tertiary alicyclic amines) is 2. The summed E-state index contributed by atoms with van der Waals surface area (Å²) in [5.74, 6) is 0. The number of nitrogens with zero attached hydrogens (tertiary/aromatic N) is 2. The molecular formula is C20H30N2O3. The maximum atomic E-state index is 12.5. The molecule has 3 rings (SSSR count). The first-order valence-corrected chi connectivity index (χ1v) is 9.29. The molecule has 138 valence electrons. The van der Waals surface area contributed by atoms with Gasteiger partial charge >= 0.3 is 6.09 Å². The summed E-state index contributed by atoms with van der Waals surface area (Å²) in [6.45, 7) is 8.83. The second-order valence-electron chi connectivity index (χ2n) is 8.01. The number of piperidine rings is 1. The number of benzene rings is 1. The van der Waals surface area contributed by atoms with Gasteiger partial charge in [-0.15, -0.1) is 0 Å². The lowest BCUT2D eigenvalue weighted by atomic mass is 9.97. The van der Waals surface area contributed by atoms with Gasteiger partial charge in [0.1, 0.15) is 5.60 Å². The van der Waals surface area contributed by atoms with Crippen molar-refractivity contribution in [3.8, 4) is 0 Å². The van der Waals surface area contributed by atoms with Crippen LogP contribution < -0.4 is 0 Å². The molecule has 2 heterocycles. The Bertz CT molecular complexity index is 570. The molecule has 2 fully saturated rings. The fourth-order valence-corrected chi connectivity index (χ4v) is 3.84. The second-order valence-corrected chi connectivity index (χ2v) is 8.01. The fourth-order valence-electron chi connectivity index (χ4n) is 3.84. The zero-order valence-corrected chi connectivity index (χ0v) is 15.6. The SMILES string of the molecule is CC(C)(C)OC(=O)N1CCC2C1CCCN2COCc1ccccc1. The van der Waals surface area contributed by atoms with Gasteiger partial charge in [0.05, 0.1) is 19.4 Å². The van der Waals surface area contributed by atoms with Crippen LogP contribution in [-0.2, 0) is 16.1 Å². The smallest absolute Gasteiger partial charge is 0.410 e. The van der Waals surface area contributed by atoms with E-state index in [2.05, 4.69) is 17.0 Å². The van der Waals surface area contributed by atoms with Crippen LogP contribution >= 0.6 is 0 Å². The predicted octanol–water partition coefficient (Wildman–Crippen LogP) is 3.63. The highest BCUT2D eigenvalue weighted by atomic mass is 16.6. The minimum atomic E-state index is -0.442. The summed E-state index contributed by atoms with van der Waals surface area (Å²) in [7, 11) is 0. The first kappa shape index (κ1) is 18.2. The Morgan fingerprint density at radius 3 is 2.60 bits per heavy atom. The number of carbonyl (C=O) groups excluding carboxylic acids is 1. The minimum absolute atomic E-state index is 0.174. The van der Waals surface area contributed by atoms with Gasteiger partial charge in [-0.1, -0.05) is 30.3 Å². The molecule has 2 aliphatic rings. The van der Waals surface area contributed by atoms with Crippen LogP contribution in [0.3, 0.4) is 0 Å². The van der Waals surface area contributed by atoms with Gasteiger partial charge in [-0.25, -0.2) is 4.79 Å². The van der Waals surface area contributed by atoms with E-state index >= 15 is 0 Å². The standard InChI is InChI=1S/C20H30N2O3/c1-20(2,3)25-19(23)22-13-11-17-18(22)10-7-12-21(17)15-24-14-16-8-5-4-6-9-16/h4-6,8-9,17-18H,7,10-15H2,1-3H3. The molecule has 5 nitrogen and oxygen atoms in total. The molecule has 2 atom stereocenters. The van der Waals surface area contributed by atoms with E-state index in [0.717, 1.165) is 32.4 Å². The highest BCUT2D eigenvalue weighted by molar-refractivity contribution is 5.69. The van der Waals surface area contributed by atoms with E-state index < -0.39 is 5.60 Å². The van der Waals surface area contributed by atoms with E-state index in [1.165, 1.54) is 5.56 Å². The van der Waals surface area contributed by atoms with Gasteiger partial charge in [0.15, 0.2) is 0 Å². The Kier molecular flexibility index (Phi) is 5.64. The molecule has 0 saturated carbocycles. The van der Waals surface area contributed by atoms with Crippen molar-refractivity contribution in [2.24, 2.45) is 0 Å². The molecule has 0 aliphatic carbocycles. The summed E-state index contributed by atoms with van der Waals surface area (Å²) in [6, 6.07) is 10.9. The summed E-state index contributed by atoms with van der Waals surface area (Å²) in [5, 5.41) is 0. The topological polar surface area (TPSA) is 42.0 Å². The van der Waals surface area contributed by atoms with Crippen LogP contribution in [-0.4, -0.2) is 53.4 Å². The zero-order valence-electron chi connectivity index (χ0n) is 15.6. The zero-order chi connectivity index (χ0) is 17.9. The largest absolute Gasteiger partial charge is 0.444 e. The summed E-state index contributed by atoms with van der Waals surface area (Å²) in [4.78, 5) is 16.8. The molecule has 2 unspecified atom stereocenters. The number of amides is 1. The van der Waals surface area contributed by atoms with Gasteiger partial charge in [-0.3, -0.25) is 4.90 Å². The highest BCUT2D eigenvalue weighted by Gasteiger charge is 2.43. The Labute approximate surface area is 150 Å². The number of carbonyl (C=O) groups is 1. The molecule has 5 heteroatoms. The van der Waals surface area contributed by atoms with Crippen LogP contribution in [0, 0.1) is 0 Å². The van der Waals surface area contributed by atoms with Gasteiger partial charge in [0.2, 0.25) is 0 Å². The van der Waals surface area contributed by atoms with Gasteiger partial charge in [-0.2, -0.15) is 0 Å². The Morgan fingerprint density at radius 2 is 1.88 bits per heavy atom. The minimum Gasteiger partial charge on any atom is -0.444 e. The Morgan fingerprint density at radius 1 is 1.12 bits per heavy atom. The average molecular weight is 346 g/mol. The van der Waals surface area contributed by atoms with Crippen molar-refractivity contribution < 1.29 is 14.3 Å². The summed E-state index contributed by atoms with van der Waals surface area (Å²) in [5.41, 5.74) is 0.750. The Hall–Kier alpha value is -1.59. The Balaban J connectivity index is 1.53. The fraction of sp³-hybridized carbons (Fsp3) is 0.650. The van der Waals surface area contributed by atoms with E-state index in [1.54, 1.807) is 0 Å². The molecule has 1 aromatic rings. The molecule has 25 heavy (non-hydrogen) atoms. The van der Waals surface area contributed by atoms with Crippen LogP contribution in [0.15, 0.2) is 30.3 Å². The third-order valence-electron chi connectivity index (χ3n) is 4.92. The number of hydrogen-bond donors (Lipinski definition) is 0. The first-order chi connectivity index (χ1) is 11.9. The molecule has 1 amide bonds. The van der Waals surface area contributed by atoms with Crippen LogP contribution in [0.5, 0.6) is 0 Å². The van der Waals surface area contributed by atoms with Crippen molar-refractivity contribution in [1.82, 2.24) is 9.80 Å². The maximum Gasteiger partial charge on any atom is 0.410 e. The molecular weight excluding hydrogens is 316 g/mol. The molecule has 1 aromatic carbocycles. The molecule has 0 radical (unpaired) electrons. The van der Waals surface area contributed by atoms with Crippen LogP contribution in [0.25, 0.3) is 0 Å². The van der Waals surface area contributed by atoms with Gasteiger partial charge < -0.3 is 14.4 Å². The van der Waals surface area contributed by atoms with Crippen LogP contribution in [0.2, 0.25) is 0 Å². The first-order valence-electron chi connectivity index (χ1n) is 9.29. The molecule has 0 aromatic heterocycles. The number of hydrogen-bond acceptors (Lipinski definition) is 4. The molecule has 2 saturated heterocycles. The monoisotopic (exact) mass is 346 g/mol. The van der Waals surface area contributed by atoms with Crippen LogP contribution in [0.1, 0.15) is 45.6 Å².